The molecule has 6 nitrogen and oxygen atoms in total. The van der Waals surface area contributed by atoms with Crippen molar-refractivity contribution in [3.05, 3.63) is 100 Å². The van der Waals surface area contributed by atoms with E-state index in [2.05, 4.69) is 11.4 Å². The zero-order chi connectivity index (χ0) is 24.3. The summed E-state index contributed by atoms with van der Waals surface area (Å²) in [4.78, 5) is 25.3. The summed E-state index contributed by atoms with van der Waals surface area (Å²) < 4.78 is 5.97. The Bertz CT molecular complexity index is 1190. The first-order chi connectivity index (χ1) is 16.3. The second-order valence-electron chi connectivity index (χ2n) is 8.98. The van der Waals surface area contributed by atoms with Gasteiger partial charge in [0.1, 0.15) is 11.3 Å². The first-order valence-corrected chi connectivity index (χ1v) is 11.4. The molecule has 3 aromatic rings. The lowest BCUT2D eigenvalue weighted by Gasteiger charge is -2.26. The molecule has 0 spiro atoms. The summed E-state index contributed by atoms with van der Waals surface area (Å²) in [6, 6.07) is 20.5. The van der Waals surface area contributed by atoms with Gasteiger partial charge in [-0.1, -0.05) is 60.2 Å². The van der Waals surface area contributed by atoms with Gasteiger partial charge >= 0.3 is 5.97 Å². The number of rotatable bonds is 8. The van der Waals surface area contributed by atoms with Crippen molar-refractivity contribution in [3.8, 4) is 5.75 Å². The summed E-state index contributed by atoms with van der Waals surface area (Å²) in [6.45, 7) is 4.05. The minimum Gasteiger partial charge on any atom is -0.493 e. The number of aryl methyl sites for hydroxylation is 1. The molecule has 1 atom stereocenters. The predicted octanol–water partition coefficient (Wildman–Crippen LogP) is 4.02. The number of hydrogen-bond donors (Lipinski definition) is 3. The van der Waals surface area contributed by atoms with E-state index in [-0.39, 0.29) is 18.4 Å². The van der Waals surface area contributed by atoms with Gasteiger partial charge in [-0.25, -0.2) is 4.79 Å². The van der Waals surface area contributed by atoms with Gasteiger partial charge in [0.25, 0.3) is 5.91 Å². The summed E-state index contributed by atoms with van der Waals surface area (Å²) in [6.07, 6.45) is 0.365. The first kappa shape index (κ1) is 23.5. The van der Waals surface area contributed by atoms with Gasteiger partial charge in [-0.2, -0.15) is 0 Å². The molecular formula is C28H29NO5. The minimum absolute atomic E-state index is 0.232. The maximum atomic E-state index is 13.1. The lowest BCUT2D eigenvalue weighted by Crippen LogP contribution is -2.55. The molecule has 4 rings (SSSR count). The maximum Gasteiger partial charge on any atom is 0.330 e. The number of aliphatic hydroxyl groups excluding tert-OH is 1. The molecule has 0 radical (unpaired) electrons. The van der Waals surface area contributed by atoms with Crippen LogP contribution in [0.2, 0.25) is 0 Å². The van der Waals surface area contributed by atoms with E-state index < -0.39 is 23.5 Å². The number of carbonyl (C=O) groups is 2. The van der Waals surface area contributed by atoms with Gasteiger partial charge in [-0.3, -0.25) is 4.79 Å². The normalized spacial score (nSPS) is 14.8. The Kier molecular flexibility index (Phi) is 6.70. The number of benzene rings is 3. The predicted molar refractivity (Wildman–Crippen MR) is 129 cm³/mol. The lowest BCUT2D eigenvalue weighted by molar-refractivity contribution is -0.144. The van der Waals surface area contributed by atoms with Crippen LogP contribution in [0.15, 0.2) is 66.7 Å². The van der Waals surface area contributed by atoms with Gasteiger partial charge in [-0.15, -0.1) is 0 Å². The van der Waals surface area contributed by atoms with Crippen molar-refractivity contribution >= 4 is 11.9 Å². The third kappa shape index (κ3) is 4.97. The van der Waals surface area contributed by atoms with Crippen LogP contribution < -0.4 is 10.1 Å². The number of ether oxygens (including phenoxy) is 1. The third-order valence-corrected chi connectivity index (χ3v) is 6.32. The molecule has 1 aliphatic carbocycles. The Morgan fingerprint density at radius 2 is 1.74 bits per heavy atom. The molecule has 0 heterocycles. The number of nitrogens with one attached hydrogen (secondary N) is 1. The molecule has 3 N–H and O–H groups in total. The molecule has 0 aliphatic heterocycles. The smallest absolute Gasteiger partial charge is 0.330 e. The molecule has 3 aromatic carbocycles. The van der Waals surface area contributed by atoms with E-state index in [1.807, 2.05) is 49.4 Å². The van der Waals surface area contributed by atoms with Crippen molar-refractivity contribution in [2.45, 2.75) is 44.8 Å². The van der Waals surface area contributed by atoms with Gasteiger partial charge in [0, 0.05) is 30.4 Å². The van der Waals surface area contributed by atoms with Crippen LogP contribution in [0.1, 0.15) is 51.2 Å². The van der Waals surface area contributed by atoms with Gasteiger partial charge < -0.3 is 20.3 Å². The molecule has 1 aliphatic rings. The van der Waals surface area contributed by atoms with E-state index >= 15 is 0 Å². The fourth-order valence-electron chi connectivity index (χ4n) is 4.49. The van der Waals surface area contributed by atoms with E-state index in [9.17, 15) is 19.8 Å². The van der Waals surface area contributed by atoms with E-state index in [0.717, 1.165) is 16.7 Å². The van der Waals surface area contributed by atoms with Crippen LogP contribution in [-0.2, 0) is 24.1 Å². The van der Waals surface area contributed by atoms with Crippen LogP contribution in [0.4, 0.5) is 0 Å². The highest BCUT2D eigenvalue weighted by atomic mass is 16.5. The zero-order valence-electron chi connectivity index (χ0n) is 19.4. The molecular weight excluding hydrogens is 430 g/mol. The average molecular weight is 460 g/mol. The Morgan fingerprint density at radius 1 is 1.03 bits per heavy atom. The number of carboxylic acids is 1. The van der Waals surface area contributed by atoms with Gasteiger partial charge in [0.15, 0.2) is 0 Å². The van der Waals surface area contributed by atoms with Crippen molar-refractivity contribution in [2.24, 2.45) is 0 Å². The Hall–Kier alpha value is -3.64. The number of carboxylic acid groups (broad SMARTS) is 1. The fraction of sp³-hybridized carbons (Fsp3) is 0.286. The van der Waals surface area contributed by atoms with Crippen LogP contribution >= 0.6 is 0 Å². The van der Waals surface area contributed by atoms with Crippen LogP contribution in [0.3, 0.4) is 0 Å². The largest absolute Gasteiger partial charge is 0.493 e. The molecule has 0 saturated carbocycles. The summed E-state index contributed by atoms with van der Waals surface area (Å²) in [7, 11) is 0. The van der Waals surface area contributed by atoms with Gasteiger partial charge in [0.05, 0.1) is 12.7 Å². The van der Waals surface area contributed by atoms with Crippen LogP contribution in [0.25, 0.3) is 0 Å². The molecule has 176 valence electrons. The van der Waals surface area contributed by atoms with E-state index in [1.165, 1.54) is 5.56 Å². The molecule has 0 saturated heterocycles. The van der Waals surface area contributed by atoms with Crippen molar-refractivity contribution in [1.82, 2.24) is 5.32 Å². The minimum atomic E-state index is -1.39. The van der Waals surface area contributed by atoms with E-state index in [4.69, 9.17) is 4.74 Å². The molecule has 1 unspecified atom stereocenters. The molecule has 1 amide bonds. The fourth-order valence-corrected chi connectivity index (χ4v) is 4.49. The van der Waals surface area contributed by atoms with Gasteiger partial charge in [-0.05, 0) is 42.7 Å². The number of carbonyl (C=O) groups excluding carboxylic acids is 1. The molecule has 0 fully saturated rings. The maximum absolute atomic E-state index is 13.1. The number of fused-ring (bicyclic) bond motifs is 1. The van der Waals surface area contributed by atoms with Crippen LogP contribution in [-0.4, -0.2) is 34.2 Å². The van der Waals surface area contributed by atoms with Crippen molar-refractivity contribution < 1.29 is 24.5 Å². The molecule has 0 bridgehead atoms. The lowest BCUT2D eigenvalue weighted by atomic mass is 9.95. The standard InChI is InChI=1S/C28H29NO5/c1-18-6-5-7-20(14-18)12-13-34-25-15-21(10-11-24(25)19(2)30)26(31)29-28(27(32)33)16-22-8-3-4-9-23(22)17-28/h3-11,14-15,19,30H,12-13,16-17H2,1-2H3,(H,29,31)(H,32,33). The summed E-state index contributed by atoms with van der Waals surface area (Å²) >= 11 is 0. The number of aliphatic hydroxyl groups is 1. The monoisotopic (exact) mass is 459 g/mol. The van der Waals surface area contributed by atoms with Crippen molar-refractivity contribution in [3.63, 3.8) is 0 Å². The highest BCUT2D eigenvalue weighted by molar-refractivity contribution is 5.98. The van der Waals surface area contributed by atoms with Gasteiger partial charge in [0.2, 0.25) is 0 Å². The SMILES string of the molecule is Cc1cccc(CCOc2cc(C(=O)NC3(C(=O)O)Cc4ccccc4C3)ccc2C(C)O)c1. The second kappa shape index (κ2) is 9.69. The Labute approximate surface area is 199 Å². The molecule has 34 heavy (non-hydrogen) atoms. The number of amides is 1. The molecule has 0 aromatic heterocycles. The number of hydrogen-bond acceptors (Lipinski definition) is 4. The topological polar surface area (TPSA) is 95.9 Å². The quantitative estimate of drug-likeness (QED) is 0.473. The summed E-state index contributed by atoms with van der Waals surface area (Å²) in [5, 5.41) is 22.9. The van der Waals surface area contributed by atoms with Crippen molar-refractivity contribution in [1.29, 1.82) is 0 Å². The summed E-state index contributed by atoms with van der Waals surface area (Å²) in [5.41, 5.74) is 3.62. The zero-order valence-corrected chi connectivity index (χ0v) is 19.4. The second-order valence-corrected chi connectivity index (χ2v) is 8.98. The van der Waals surface area contributed by atoms with E-state index in [1.54, 1.807) is 25.1 Å². The Balaban J connectivity index is 1.52. The summed E-state index contributed by atoms with van der Waals surface area (Å²) in [5.74, 6) is -1.14. The number of aliphatic carboxylic acids is 1. The third-order valence-electron chi connectivity index (χ3n) is 6.32. The molecule has 6 heteroatoms. The van der Waals surface area contributed by atoms with Crippen LogP contribution in [0.5, 0.6) is 5.75 Å². The average Bonchev–Trinajstić information content (AvgIpc) is 3.18. The van der Waals surface area contributed by atoms with E-state index in [0.29, 0.717) is 24.3 Å². The highest BCUT2D eigenvalue weighted by Gasteiger charge is 2.45. The first-order valence-electron chi connectivity index (χ1n) is 11.4. The van der Waals surface area contributed by atoms with Crippen molar-refractivity contribution in [2.75, 3.05) is 6.61 Å². The van der Waals surface area contributed by atoms with Crippen LogP contribution in [0, 0.1) is 6.92 Å². The highest BCUT2D eigenvalue weighted by Crippen LogP contribution is 2.32. The Morgan fingerprint density at radius 3 is 2.35 bits per heavy atom.